The van der Waals surface area contributed by atoms with E-state index in [4.69, 9.17) is 18.9 Å². The van der Waals surface area contributed by atoms with E-state index >= 15 is 0 Å². The van der Waals surface area contributed by atoms with Crippen LogP contribution < -0.4 is 14.2 Å². The zero-order chi connectivity index (χ0) is 19.2. The van der Waals surface area contributed by atoms with Gasteiger partial charge in [-0.1, -0.05) is 12.1 Å². The molecule has 0 aliphatic carbocycles. The van der Waals surface area contributed by atoms with E-state index in [1.54, 1.807) is 33.5 Å². The lowest BCUT2D eigenvalue weighted by molar-refractivity contribution is 0.0472. The Kier molecular flexibility index (Phi) is 6.79. The van der Waals surface area contributed by atoms with Crippen LogP contribution in [0.25, 0.3) is 0 Å². The molecule has 0 saturated carbocycles. The van der Waals surface area contributed by atoms with Crippen molar-refractivity contribution in [3.05, 3.63) is 53.1 Å². The van der Waals surface area contributed by atoms with E-state index in [1.807, 2.05) is 47.8 Å². The van der Waals surface area contributed by atoms with Gasteiger partial charge in [-0.15, -0.1) is 23.5 Å². The predicted octanol–water partition coefficient (Wildman–Crippen LogP) is 4.55. The maximum atomic E-state index is 12.4. The SMILES string of the molecule is COc1cc(COC(=O)c2ccc(C3SCCS3)cc2)cc(OC)c1OC. The first-order valence-corrected chi connectivity index (χ1v) is 10.5. The molecule has 0 radical (unpaired) electrons. The minimum atomic E-state index is -0.359. The summed E-state index contributed by atoms with van der Waals surface area (Å²) in [5.74, 6) is 3.55. The molecule has 1 aliphatic rings. The Bertz CT molecular complexity index is 760. The molecule has 1 aliphatic heterocycles. The fraction of sp³-hybridized carbons (Fsp3) is 0.350. The molecular formula is C20H22O5S2. The quantitative estimate of drug-likeness (QED) is 0.625. The highest BCUT2D eigenvalue weighted by molar-refractivity contribution is 8.19. The third-order valence-corrected chi connectivity index (χ3v) is 7.24. The van der Waals surface area contributed by atoms with Crippen LogP contribution in [0.15, 0.2) is 36.4 Å². The molecule has 5 nitrogen and oxygen atoms in total. The molecule has 0 aromatic heterocycles. The Balaban J connectivity index is 1.66. The standard InChI is InChI=1S/C20H22O5S2/c1-22-16-10-13(11-17(23-2)18(16)24-3)12-25-19(21)14-4-6-15(7-5-14)20-26-8-9-27-20/h4-7,10-11,20H,8-9,12H2,1-3H3. The van der Waals surface area contributed by atoms with Crippen molar-refractivity contribution in [2.24, 2.45) is 0 Å². The first-order valence-electron chi connectivity index (χ1n) is 8.45. The monoisotopic (exact) mass is 406 g/mol. The third-order valence-electron chi connectivity index (χ3n) is 4.13. The highest BCUT2D eigenvalue weighted by Gasteiger charge is 2.19. The summed E-state index contributed by atoms with van der Waals surface area (Å²) in [7, 11) is 4.65. The van der Waals surface area contributed by atoms with Gasteiger partial charge in [0.1, 0.15) is 6.61 Å². The number of methoxy groups -OCH3 is 3. The molecule has 1 fully saturated rings. The first-order chi connectivity index (χ1) is 13.2. The number of carbonyl (C=O) groups excluding carboxylic acids is 1. The van der Waals surface area contributed by atoms with Crippen LogP contribution in [0, 0.1) is 0 Å². The molecule has 0 spiro atoms. The van der Waals surface area contributed by atoms with Crippen LogP contribution in [0.4, 0.5) is 0 Å². The van der Waals surface area contributed by atoms with Crippen LogP contribution in [0.2, 0.25) is 0 Å². The summed E-state index contributed by atoms with van der Waals surface area (Å²) in [6, 6.07) is 11.2. The van der Waals surface area contributed by atoms with Crippen molar-refractivity contribution in [3.8, 4) is 17.2 Å². The minimum Gasteiger partial charge on any atom is -0.493 e. The molecule has 0 atom stereocenters. The molecule has 2 aromatic rings. The Morgan fingerprint density at radius 3 is 2.07 bits per heavy atom. The summed E-state index contributed by atoms with van der Waals surface area (Å²) >= 11 is 3.88. The smallest absolute Gasteiger partial charge is 0.338 e. The van der Waals surface area contributed by atoms with Gasteiger partial charge in [0, 0.05) is 11.5 Å². The number of hydrogen-bond donors (Lipinski definition) is 0. The van der Waals surface area contributed by atoms with Crippen LogP contribution in [0.3, 0.4) is 0 Å². The van der Waals surface area contributed by atoms with Crippen molar-refractivity contribution >= 4 is 29.5 Å². The van der Waals surface area contributed by atoms with Gasteiger partial charge in [-0.25, -0.2) is 4.79 Å². The van der Waals surface area contributed by atoms with Crippen LogP contribution in [-0.2, 0) is 11.3 Å². The molecule has 7 heteroatoms. The number of hydrogen-bond acceptors (Lipinski definition) is 7. The summed E-state index contributed by atoms with van der Waals surface area (Å²) < 4.78 is 21.9. The van der Waals surface area contributed by atoms with Crippen molar-refractivity contribution in [1.29, 1.82) is 0 Å². The van der Waals surface area contributed by atoms with E-state index in [0.29, 0.717) is 27.4 Å². The van der Waals surface area contributed by atoms with E-state index < -0.39 is 0 Å². The summed E-state index contributed by atoms with van der Waals surface area (Å²) in [5, 5.41) is 0. The molecule has 0 unspecified atom stereocenters. The van der Waals surface area contributed by atoms with Crippen molar-refractivity contribution < 1.29 is 23.7 Å². The van der Waals surface area contributed by atoms with Crippen molar-refractivity contribution in [1.82, 2.24) is 0 Å². The lowest BCUT2D eigenvalue weighted by Gasteiger charge is -2.14. The van der Waals surface area contributed by atoms with Gasteiger partial charge in [-0.3, -0.25) is 0 Å². The predicted molar refractivity (Wildman–Crippen MR) is 109 cm³/mol. The highest BCUT2D eigenvalue weighted by Crippen LogP contribution is 2.45. The Labute approximate surface area is 167 Å². The summed E-state index contributed by atoms with van der Waals surface area (Å²) in [6.45, 7) is 0.117. The lowest BCUT2D eigenvalue weighted by atomic mass is 10.1. The van der Waals surface area contributed by atoms with Gasteiger partial charge in [-0.2, -0.15) is 0 Å². The van der Waals surface area contributed by atoms with Crippen molar-refractivity contribution in [2.45, 2.75) is 11.2 Å². The second kappa shape index (κ2) is 9.28. The molecule has 1 saturated heterocycles. The minimum absolute atomic E-state index is 0.117. The Hall–Kier alpha value is -1.99. The molecule has 0 bridgehead atoms. The molecule has 2 aromatic carbocycles. The van der Waals surface area contributed by atoms with E-state index in [9.17, 15) is 4.79 Å². The normalized spacial score (nSPS) is 14.0. The fourth-order valence-corrected chi connectivity index (χ4v) is 5.64. The van der Waals surface area contributed by atoms with Crippen LogP contribution in [0.5, 0.6) is 17.2 Å². The van der Waals surface area contributed by atoms with Gasteiger partial charge in [-0.05, 0) is 35.4 Å². The third kappa shape index (κ3) is 4.65. The van der Waals surface area contributed by atoms with E-state index in [0.717, 1.165) is 5.56 Å². The molecular weight excluding hydrogens is 384 g/mol. The van der Waals surface area contributed by atoms with Crippen LogP contribution in [-0.4, -0.2) is 38.8 Å². The van der Waals surface area contributed by atoms with Crippen molar-refractivity contribution in [3.63, 3.8) is 0 Å². The summed E-state index contributed by atoms with van der Waals surface area (Å²) in [6.07, 6.45) is 0. The number of rotatable bonds is 7. The van der Waals surface area contributed by atoms with Crippen LogP contribution in [0.1, 0.15) is 26.1 Å². The van der Waals surface area contributed by atoms with Gasteiger partial charge in [0.15, 0.2) is 11.5 Å². The molecule has 27 heavy (non-hydrogen) atoms. The van der Waals surface area contributed by atoms with E-state index in [1.165, 1.54) is 17.1 Å². The van der Waals surface area contributed by atoms with Gasteiger partial charge in [0.05, 0.1) is 31.5 Å². The zero-order valence-corrected chi connectivity index (χ0v) is 17.2. The lowest BCUT2D eigenvalue weighted by Crippen LogP contribution is -2.06. The van der Waals surface area contributed by atoms with Gasteiger partial charge >= 0.3 is 5.97 Å². The summed E-state index contributed by atoms with van der Waals surface area (Å²) in [5.41, 5.74) is 2.54. The van der Waals surface area contributed by atoms with E-state index in [-0.39, 0.29) is 12.6 Å². The maximum Gasteiger partial charge on any atom is 0.338 e. The topological polar surface area (TPSA) is 54.0 Å². The average Bonchev–Trinajstić information content (AvgIpc) is 3.26. The van der Waals surface area contributed by atoms with Gasteiger partial charge < -0.3 is 18.9 Å². The number of benzene rings is 2. The molecule has 3 rings (SSSR count). The van der Waals surface area contributed by atoms with Gasteiger partial charge in [0.25, 0.3) is 0 Å². The number of esters is 1. The van der Waals surface area contributed by atoms with Crippen molar-refractivity contribution in [2.75, 3.05) is 32.8 Å². The number of thioether (sulfide) groups is 2. The second-order valence-electron chi connectivity index (χ2n) is 5.81. The molecule has 1 heterocycles. The number of ether oxygens (including phenoxy) is 4. The largest absolute Gasteiger partial charge is 0.493 e. The van der Waals surface area contributed by atoms with Gasteiger partial charge in [0.2, 0.25) is 5.75 Å². The van der Waals surface area contributed by atoms with Crippen LogP contribution >= 0.6 is 23.5 Å². The Morgan fingerprint density at radius 1 is 0.963 bits per heavy atom. The molecule has 0 amide bonds. The average molecular weight is 407 g/mol. The molecule has 144 valence electrons. The van der Waals surface area contributed by atoms with E-state index in [2.05, 4.69) is 0 Å². The second-order valence-corrected chi connectivity index (χ2v) is 8.53. The fourth-order valence-electron chi connectivity index (χ4n) is 2.78. The first kappa shape index (κ1) is 19.8. The number of carbonyl (C=O) groups is 1. The summed E-state index contributed by atoms with van der Waals surface area (Å²) in [4.78, 5) is 12.4. The Morgan fingerprint density at radius 2 is 1.56 bits per heavy atom. The molecule has 0 N–H and O–H groups in total. The highest BCUT2D eigenvalue weighted by atomic mass is 32.2. The maximum absolute atomic E-state index is 12.4. The zero-order valence-electron chi connectivity index (χ0n) is 15.5.